The fourth-order valence-electron chi connectivity index (χ4n) is 1.88. The average molecular weight is 432 g/mol. The number of thioether (sulfide) groups is 1. The first-order valence-corrected chi connectivity index (χ1v) is 10.6. The van der Waals surface area contributed by atoms with Gasteiger partial charge in [0.1, 0.15) is 6.29 Å². The number of phenolic OH excluding ortho intramolecular Hbond substituents is 1. The monoisotopic (exact) mass is 431 g/mol. The fourth-order valence-corrected chi connectivity index (χ4v) is 2.62. The van der Waals surface area contributed by atoms with Crippen molar-refractivity contribution in [2.45, 2.75) is 45.6 Å². The van der Waals surface area contributed by atoms with Crippen LogP contribution in [0.4, 0.5) is 0 Å². The Morgan fingerprint density at radius 1 is 1.30 bits per heavy atom. The molecule has 0 bridgehead atoms. The molecule has 2 rings (SSSR count). The van der Waals surface area contributed by atoms with Gasteiger partial charge in [-0.25, -0.2) is 4.98 Å². The van der Waals surface area contributed by atoms with E-state index < -0.39 is 0 Å². The summed E-state index contributed by atoms with van der Waals surface area (Å²) < 4.78 is 5.66. The molecule has 0 fully saturated rings. The molecule has 0 aliphatic carbocycles. The number of hydrogen-bond donors (Lipinski definition) is 2. The highest BCUT2D eigenvalue weighted by Gasteiger charge is 2.07. The van der Waals surface area contributed by atoms with E-state index in [4.69, 9.17) is 9.53 Å². The summed E-state index contributed by atoms with van der Waals surface area (Å²) >= 11 is 1.49. The highest BCUT2D eigenvalue weighted by atomic mass is 32.2. The molecule has 0 radical (unpaired) electrons. The van der Waals surface area contributed by atoms with Crippen molar-refractivity contribution < 1.29 is 14.6 Å². The minimum Gasteiger partial charge on any atom is -0.504 e. The van der Waals surface area contributed by atoms with Gasteiger partial charge in [-0.2, -0.15) is 0 Å². The van der Waals surface area contributed by atoms with Crippen molar-refractivity contribution in [1.82, 2.24) is 10.3 Å². The van der Waals surface area contributed by atoms with Crippen molar-refractivity contribution in [3.05, 3.63) is 48.2 Å². The smallest absolute Gasteiger partial charge is 0.219 e. The van der Waals surface area contributed by atoms with Crippen molar-refractivity contribution in [3.63, 3.8) is 0 Å². The maximum atomic E-state index is 10.1. The molecule has 2 aromatic rings. The van der Waals surface area contributed by atoms with Gasteiger partial charge in [0.15, 0.2) is 11.5 Å². The number of hydrogen-bond acceptors (Lipinski definition) is 7. The van der Waals surface area contributed by atoms with Crippen LogP contribution in [0.1, 0.15) is 40.2 Å². The molecule has 0 aliphatic rings. The molecule has 30 heavy (non-hydrogen) atoms. The summed E-state index contributed by atoms with van der Waals surface area (Å²) in [6.45, 7) is 9.43. The summed E-state index contributed by atoms with van der Waals surface area (Å²) in [7, 11) is 3.65. The van der Waals surface area contributed by atoms with E-state index in [0.717, 1.165) is 21.8 Å². The van der Waals surface area contributed by atoms with Crippen molar-refractivity contribution in [2.75, 3.05) is 14.1 Å². The number of aldehydes is 1. The standard InChI is InChI=1S/C19H23N3O2S.C2H4O.C2H6/c1-13(20-3)5-6-15-7-10-19(22-12-15)24-18-9-8-16(11-17(18)23)25-14(2)21-4;1-2-3;1-2/h5-13,20,23H,1-4H3;2H,1H3;1-2H3/b6-5+,21-14?;;/t13-;;/m0../s1. The van der Waals surface area contributed by atoms with E-state index in [1.54, 1.807) is 31.4 Å². The van der Waals surface area contributed by atoms with Crippen LogP contribution in [0.25, 0.3) is 6.08 Å². The van der Waals surface area contributed by atoms with E-state index in [0.29, 0.717) is 17.7 Å². The molecule has 0 amide bonds. The van der Waals surface area contributed by atoms with Gasteiger partial charge in [0, 0.05) is 30.2 Å². The van der Waals surface area contributed by atoms with Gasteiger partial charge in [0.05, 0.1) is 5.04 Å². The Bertz CT molecular complexity index is 806. The summed E-state index contributed by atoms with van der Waals surface area (Å²) in [5, 5.41) is 14.2. The molecule has 0 saturated carbocycles. The van der Waals surface area contributed by atoms with Gasteiger partial charge in [-0.1, -0.05) is 37.8 Å². The van der Waals surface area contributed by atoms with Crippen LogP contribution in [0.2, 0.25) is 0 Å². The van der Waals surface area contributed by atoms with E-state index in [-0.39, 0.29) is 5.75 Å². The molecule has 1 aromatic heterocycles. The van der Waals surface area contributed by atoms with Crippen LogP contribution in [0.3, 0.4) is 0 Å². The molecule has 0 unspecified atom stereocenters. The molecule has 6 nitrogen and oxygen atoms in total. The number of carbonyl (C=O) groups excluding carboxylic acids is 1. The number of phenols is 1. The molecular weight excluding hydrogens is 398 g/mol. The highest BCUT2D eigenvalue weighted by Crippen LogP contribution is 2.34. The average Bonchev–Trinajstić information content (AvgIpc) is 2.76. The van der Waals surface area contributed by atoms with Crippen LogP contribution < -0.4 is 10.1 Å². The third-order valence-electron chi connectivity index (χ3n) is 3.52. The molecule has 2 N–H and O–H groups in total. The minimum atomic E-state index is 0.0718. The first-order valence-electron chi connectivity index (χ1n) is 9.76. The second-order valence-electron chi connectivity index (χ2n) is 5.68. The maximum Gasteiger partial charge on any atom is 0.219 e. The number of nitrogens with zero attached hydrogens (tertiary/aromatic N) is 2. The van der Waals surface area contributed by atoms with Gasteiger partial charge in [-0.3, -0.25) is 4.99 Å². The van der Waals surface area contributed by atoms with E-state index in [1.807, 2.05) is 46.0 Å². The Hall–Kier alpha value is -2.64. The topological polar surface area (TPSA) is 83.8 Å². The fraction of sp³-hybridized carbons (Fsp3) is 0.348. The molecule has 0 saturated heterocycles. The number of benzene rings is 1. The SMILES string of the molecule is CC.CC=O.CN=C(C)Sc1ccc(Oc2ccc(/C=C/[C@H](C)NC)cn2)c(O)c1. The second-order valence-corrected chi connectivity index (χ2v) is 6.94. The number of rotatable bonds is 6. The number of pyridine rings is 1. The third kappa shape index (κ3) is 10.8. The number of carbonyl (C=O) groups is 1. The Morgan fingerprint density at radius 3 is 2.47 bits per heavy atom. The minimum absolute atomic E-state index is 0.0718. The highest BCUT2D eigenvalue weighted by molar-refractivity contribution is 8.13. The van der Waals surface area contributed by atoms with Crippen molar-refractivity contribution in [1.29, 1.82) is 0 Å². The van der Waals surface area contributed by atoms with Crippen LogP contribution >= 0.6 is 11.8 Å². The molecule has 1 heterocycles. The zero-order chi connectivity index (χ0) is 22.9. The number of aromatic nitrogens is 1. The first kappa shape index (κ1) is 27.4. The molecule has 1 aromatic carbocycles. The quantitative estimate of drug-likeness (QED) is 0.269. The number of aliphatic imine (C=N–C) groups is 1. The molecule has 0 aliphatic heterocycles. The van der Waals surface area contributed by atoms with Gasteiger partial charge in [0.25, 0.3) is 0 Å². The Kier molecular flexibility index (Phi) is 14.8. The van der Waals surface area contributed by atoms with Crippen LogP contribution in [0.5, 0.6) is 17.4 Å². The third-order valence-corrected chi connectivity index (χ3v) is 4.48. The van der Waals surface area contributed by atoms with Gasteiger partial charge >= 0.3 is 0 Å². The lowest BCUT2D eigenvalue weighted by Crippen LogP contribution is -2.17. The van der Waals surface area contributed by atoms with E-state index in [9.17, 15) is 5.11 Å². The number of likely N-dealkylation sites (N-methyl/N-ethyl adjacent to an activating group) is 1. The van der Waals surface area contributed by atoms with Gasteiger partial charge in [0.2, 0.25) is 5.88 Å². The Labute approximate surface area is 184 Å². The van der Waals surface area contributed by atoms with E-state index >= 15 is 0 Å². The summed E-state index contributed by atoms with van der Waals surface area (Å²) in [5.41, 5.74) is 0.986. The Balaban J connectivity index is 0.00000154. The summed E-state index contributed by atoms with van der Waals surface area (Å²) in [6.07, 6.45) is 6.54. The van der Waals surface area contributed by atoms with E-state index in [1.165, 1.54) is 18.7 Å². The maximum absolute atomic E-state index is 10.1. The predicted octanol–water partition coefficient (Wildman–Crippen LogP) is 5.57. The van der Waals surface area contributed by atoms with Crippen LogP contribution in [0.15, 0.2) is 52.5 Å². The molecule has 1 atom stereocenters. The second kappa shape index (κ2) is 16.2. The lowest BCUT2D eigenvalue weighted by molar-refractivity contribution is -0.106. The van der Waals surface area contributed by atoms with Crippen molar-refractivity contribution in [3.8, 4) is 17.4 Å². The van der Waals surface area contributed by atoms with Gasteiger partial charge in [-0.05, 0) is 57.6 Å². The number of aromatic hydroxyl groups is 1. The number of ether oxygens (including phenoxy) is 1. The normalized spacial score (nSPS) is 11.6. The first-order chi connectivity index (χ1) is 14.4. The van der Waals surface area contributed by atoms with Crippen LogP contribution in [0, 0.1) is 0 Å². The molecule has 0 spiro atoms. The van der Waals surface area contributed by atoms with Gasteiger partial charge < -0.3 is 20.0 Å². The van der Waals surface area contributed by atoms with Crippen LogP contribution in [-0.4, -0.2) is 41.6 Å². The Morgan fingerprint density at radius 2 is 1.97 bits per heavy atom. The predicted molar refractivity (Wildman–Crippen MR) is 128 cm³/mol. The molecule has 7 heteroatoms. The zero-order valence-corrected chi connectivity index (χ0v) is 19.7. The van der Waals surface area contributed by atoms with Gasteiger partial charge in [-0.15, -0.1) is 0 Å². The zero-order valence-electron chi connectivity index (χ0n) is 18.8. The number of nitrogens with one attached hydrogen (secondary N) is 1. The lowest BCUT2D eigenvalue weighted by Gasteiger charge is -2.08. The molecule has 164 valence electrons. The summed E-state index contributed by atoms with van der Waals surface area (Å²) in [5.74, 6) is 0.873. The summed E-state index contributed by atoms with van der Waals surface area (Å²) in [4.78, 5) is 18.1. The lowest BCUT2D eigenvalue weighted by atomic mass is 10.2. The van der Waals surface area contributed by atoms with Crippen LogP contribution in [-0.2, 0) is 4.79 Å². The van der Waals surface area contributed by atoms with Crippen molar-refractivity contribution in [2.24, 2.45) is 4.99 Å². The molecular formula is C23H33N3O3S. The van der Waals surface area contributed by atoms with Crippen molar-refractivity contribution >= 4 is 29.2 Å². The summed E-state index contributed by atoms with van der Waals surface area (Å²) in [6, 6.07) is 9.26. The van der Waals surface area contributed by atoms with E-state index in [2.05, 4.69) is 28.3 Å². The largest absolute Gasteiger partial charge is 0.504 e.